The molecule has 24 heavy (non-hydrogen) atoms. The maximum absolute atomic E-state index is 12.5. The van der Waals surface area contributed by atoms with Gasteiger partial charge in [0.2, 0.25) is 0 Å². The number of fused-ring (bicyclic) bond motifs is 1. The maximum Gasteiger partial charge on any atom is 0.322 e. The smallest absolute Gasteiger partial charge is 0.322 e. The molecule has 0 aromatic carbocycles. The number of hydrogen-bond acceptors (Lipinski definition) is 5. The van der Waals surface area contributed by atoms with E-state index in [4.69, 9.17) is 5.73 Å². The third kappa shape index (κ3) is 3.23. The Bertz CT molecular complexity index is 771. The molecule has 1 atom stereocenters. The van der Waals surface area contributed by atoms with Crippen LogP contribution in [0.2, 0.25) is 0 Å². The van der Waals surface area contributed by atoms with E-state index in [9.17, 15) is 9.59 Å². The van der Waals surface area contributed by atoms with Gasteiger partial charge in [0.1, 0.15) is 5.69 Å². The average Bonchev–Trinajstić information content (AvgIpc) is 2.94. The summed E-state index contributed by atoms with van der Waals surface area (Å²) in [5, 5.41) is 3.83. The van der Waals surface area contributed by atoms with Gasteiger partial charge in [-0.1, -0.05) is 0 Å². The summed E-state index contributed by atoms with van der Waals surface area (Å²) in [7, 11) is 1.79. The Morgan fingerprint density at radius 2 is 2.21 bits per heavy atom. The Balaban J connectivity index is 1.72. The van der Waals surface area contributed by atoms with Crippen LogP contribution in [0.15, 0.2) is 18.3 Å². The fourth-order valence-electron chi connectivity index (χ4n) is 2.86. The molecule has 0 bridgehead atoms. The highest BCUT2D eigenvalue weighted by atomic mass is 32.1. The first-order valence-corrected chi connectivity index (χ1v) is 8.53. The predicted molar refractivity (Wildman–Crippen MR) is 92.1 cm³/mol. The summed E-state index contributed by atoms with van der Waals surface area (Å²) in [5.74, 6) is -0.597. The van der Waals surface area contributed by atoms with Crippen LogP contribution in [0.5, 0.6) is 0 Å². The molecule has 2 aromatic heterocycles. The summed E-state index contributed by atoms with van der Waals surface area (Å²) in [6, 6.07) is 2.93. The highest BCUT2D eigenvalue weighted by Gasteiger charge is 2.29. The molecular formula is C16H19N5O2S. The summed E-state index contributed by atoms with van der Waals surface area (Å²) in [6.45, 7) is 1.99. The van der Waals surface area contributed by atoms with Crippen LogP contribution in [-0.2, 0) is 6.42 Å². The molecule has 3 rings (SSSR count). The highest BCUT2D eigenvalue weighted by Crippen LogP contribution is 2.37. The minimum Gasteiger partial charge on any atom is -0.364 e. The van der Waals surface area contributed by atoms with E-state index in [-0.39, 0.29) is 17.8 Å². The van der Waals surface area contributed by atoms with Crippen LogP contribution in [0, 0.1) is 6.92 Å². The minimum absolute atomic E-state index is 0.0396. The molecule has 0 fully saturated rings. The molecule has 0 aliphatic heterocycles. The van der Waals surface area contributed by atoms with Gasteiger partial charge in [-0.3, -0.25) is 4.79 Å². The van der Waals surface area contributed by atoms with Crippen LogP contribution in [-0.4, -0.2) is 33.9 Å². The number of amides is 3. The zero-order chi connectivity index (χ0) is 17.3. The largest absolute Gasteiger partial charge is 0.364 e. The number of urea groups is 1. The molecule has 0 radical (unpaired) electrons. The van der Waals surface area contributed by atoms with Crippen molar-refractivity contribution < 1.29 is 9.59 Å². The first kappa shape index (κ1) is 16.4. The third-order valence-electron chi connectivity index (χ3n) is 4.08. The number of primary amides is 1. The number of nitrogens with two attached hydrogens (primary N) is 1. The molecule has 1 aliphatic carbocycles. The number of pyridine rings is 1. The van der Waals surface area contributed by atoms with Crippen molar-refractivity contribution in [2.45, 2.75) is 32.2 Å². The Morgan fingerprint density at radius 3 is 2.88 bits per heavy atom. The van der Waals surface area contributed by atoms with E-state index in [0.717, 1.165) is 30.0 Å². The van der Waals surface area contributed by atoms with Crippen LogP contribution >= 0.6 is 11.3 Å². The molecule has 2 aromatic rings. The molecule has 8 heteroatoms. The van der Waals surface area contributed by atoms with Crippen molar-refractivity contribution in [3.63, 3.8) is 0 Å². The fourth-order valence-corrected chi connectivity index (χ4v) is 4.01. The second-order valence-corrected chi connectivity index (χ2v) is 7.02. The van der Waals surface area contributed by atoms with Gasteiger partial charge < -0.3 is 16.0 Å². The van der Waals surface area contributed by atoms with Gasteiger partial charge in [-0.25, -0.2) is 14.8 Å². The van der Waals surface area contributed by atoms with Crippen molar-refractivity contribution in [1.29, 1.82) is 0 Å². The van der Waals surface area contributed by atoms with Gasteiger partial charge in [0.15, 0.2) is 0 Å². The number of nitrogens with one attached hydrogen (secondary N) is 1. The van der Waals surface area contributed by atoms with E-state index in [0.29, 0.717) is 5.69 Å². The number of nitrogens with zero attached hydrogens (tertiary/aromatic N) is 3. The van der Waals surface area contributed by atoms with E-state index in [1.165, 1.54) is 17.1 Å². The lowest BCUT2D eigenvalue weighted by Crippen LogP contribution is -2.36. The van der Waals surface area contributed by atoms with E-state index in [1.807, 2.05) is 6.92 Å². The van der Waals surface area contributed by atoms with Gasteiger partial charge in [0.25, 0.3) is 5.91 Å². The van der Waals surface area contributed by atoms with Crippen molar-refractivity contribution >= 4 is 29.0 Å². The molecule has 7 nitrogen and oxygen atoms in total. The zero-order valence-corrected chi connectivity index (χ0v) is 14.4. The van der Waals surface area contributed by atoms with Crippen LogP contribution in [0.1, 0.15) is 45.0 Å². The number of rotatable bonds is 3. The summed E-state index contributed by atoms with van der Waals surface area (Å²) < 4.78 is 0. The number of aryl methyl sites for hydroxylation is 2. The first-order valence-electron chi connectivity index (χ1n) is 7.71. The lowest BCUT2D eigenvalue weighted by atomic mass is 9.97. The van der Waals surface area contributed by atoms with Gasteiger partial charge >= 0.3 is 6.03 Å². The quantitative estimate of drug-likeness (QED) is 0.892. The molecule has 1 unspecified atom stereocenters. The molecular weight excluding hydrogens is 326 g/mol. The van der Waals surface area contributed by atoms with Crippen LogP contribution < -0.4 is 11.1 Å². The van der Waals surface area contributed by atoms with Crippen molar-refractivity contribution in [3.8, 4) is 0 Å². The third-order valence-corrected chi connectivity index (χ3v) is 5.20. The molecule has 0 spiro atoms. The van der Waals surface area contributed by atoms with E-state index >= 15 is 0 Å². The summed E-state index contributed by atoms with van der Waals surface area (Å²) >= 11 is 1.66. The Kier molecular flexibility index (Phi) is 4.48. The average molecular weight is 345 g/mol. The maximum atomic E-state index is 12.5. The molecule has 1 aliphatic rings. The SMILES string of the molecule is Cc1nc2c(s1)C(N(C)C(=O)Nc1ccc(C(N)=O)nc1)CCC2. The lowest BCUT2D eigenvalue weighted by molar-refractivity contribution is 0.0995. The van der Waals surface area contributed by atoms with Gasteiger partial charge in [0.05, 0.1) is 33.5 Å². The van der Waals surface area contributed by atoms with Gasteiger partial charge in [-0.2, -0.15) is 0 Å². The predicted octanol–water partition coefficient (Wildman–Crippen LogP) is 2.49. The lowest BCUT2D eigenvalue weighted by Gasteiger charge is -2.30. The number of anilines is 1. The van der Waals surface area contributed by atoms with Crippen LogP contribution in [0.4, 0.5) is 10.5 Å². The minimum atomic E-state index is -0.597. The summed E-state index contributed by atoms with van der Waals surface area (Å²) in [4.78, 5) is 34.9. The van der Waals surface area contributed by atoms with Crippen molar-refractivity contribution in [1.82, 2.24) is 14.9 Å². The number of thiazole rings is 1. The summed E-state index contributed by atoms with van der Waals surface area (Å²) in [6.07, 6.45) is 4.35. The molecule has 2 heterocycles. The van der Waals surface area contributed by atoms with Gasteiger partial charge in [-0.15, -0.1) is 11.3 Å². The fraction of sp³-hybridized carbons (Fsp3) is 0.375. The Labute approximate surface area is 143 Å². The van der Waals surface area contributed by atoms with Crippen molar-refractivity contribution in [3.05, 3.63) is 39.6 Å². The van der Waals surface area contributed by atoms with E-state index < -0.39 is 5.91 Å². The molecule has 0 saturated heterocycles. The molecule has 3 N–H and O–H groups in total. The zero-order valence-electron chi connectivity index (χ0n) is 13.6. The summed E-state index contributed by atoms with van der Waals surface area (Å²) in [5.41, 5.74) is 6.95. The normalized spacial score (nSPS) is 16.3. The first-order chi connectivity index (χ1) is 11.5. The number of carbonyl (C=O) groups excluding carboxylic acids is 2. The van der Waals surface area contributed by atoms with Gasteiger partial charge in [-0.05, 0) is 38.3 Å². The monoisotopic (exact) mass is 345 g/mol. The molecule has 3 amide bonds. The van der Waals surface area contributed by atoms with E-state index in [2.05, 4.69) is 15.3 Å². The number of hydrogen-bond donors (Lipinski definition) is 2. The Morgan fingerprint density at radius 1 is 1.42 bits per heavy atom. The second kappa shape index (κ2) is 6.56. The number of carbonyl (C=O) groups is 2. The topological polar surface area (TPSA) is 101 Å². The van der Waals surface area contributed by atoms with Crippen LogP contribution in [0.3, 0.4) is 0 Å². The van der Waals surface area contributed by atoms with Gasteiger partial charge in [0, 0.05) is 7.05 Å². The number of aromatic nitrogens is 2. The van der Waals surface area contributed by atoms with Crippen LogP contribution in [0.25, 0.3) is 0 Å². The van der Waals surface area contributed by atoms with E-state index in [1.54, 1.807) is 29.4 Å². The standard InChI is InChI=1S/C16H19N5O2S/c1-9-19-11-4-3-5-13(14(11)24-9)21(2)16(23)20-10-6-7-12(15(17)22)18-8-10/h6-8,13H,3-5H2,1-2H3,(H2,17,22)(H,20,23). The second-order valence-electron chi connectivity index (χ2n) is 5.79. The Hall–Kier alpha value is -2.48. The van der Waals surface area contributed by atoms with Crippen molar-refractivity contribution in [2.24, 2.45) is 5.73 Å². The molecule has 126 valence electrons. The molecule has 0 saturated carbocycles. The van der Waals surface area contributed by atoms with Crippen molar-refractivity contribution in [2.75, 3.05) is 12.4 Å². The highest BCUT2D eigenvalue weighted by molar-refractivity contribution is 7.11.